The van der Waals surface area contributed by atoms with Crippen LogP contribution in [0.5, 0.6) is 0 Å². The third-order valence-electron chi connectivity index (χ3n) is 3.06. The van der Waals surface area contributed by atoms with E-state index in [1.54, 1.807) is 7.11 Å². The van der Waals surface area contributed by atoms with E-state index in [1.165, 1.54) is 0 Å². The number of likely N-dealkylation sites (tertiary alicyclic amines) is 1. The second-order valence-electron chi connectivity index (χ2n) is 4.65. The lowest BCUT2D eigenvalue weighted by Gasteiger charge is -2.22. The standard InChI is InChI=1S/C11H23N3O2/c1-8(2)14-5-4-9(6-14)13-10(7-16-3)11(12)15/h8-10,13H,4-7H2,1-3H3,(H2,12,15). The Labute approximate surface area is 97.3 Å². The molecule has 0 bridgehead atoms. The first-order chi connectivity index (χ1) is 7.54. The molecule has 0 aromatic rings. The highest BCUT2D eigenvalue weighted by Gasteiger charge is 2.27. The van der Waals surface area contributed by atoms with Gasteiger partial charge in [0.05, 0.1) is 6.61 Å². The molecular weight excluding hydrogens is 206 g/mol. The minimum absolute atomic E-state index is 0.341. The lowest BCUT2D eigenvalue weighted by Crippen LogP contribution is -2.50. The van der Waals surface area contributed by atoms with E-state index >= 15 is 0 Å². The fraction of sp³-hybridized carbons (Fsp3) is 0.909. The van der Waals surface area contributed by atoms with Crippen molar-refractivity contribution < 1.29 is 9.53 Å². The highest BCUT2D eigenvalue weighted by molar-refractivity contribution is 5.80. The maximum atomic E-state index is 11.2. The molecule has 0 saturated carbocycles. The third-order valence-corrected chi connectivity index (χ3v) is 3.06. The first kappa shape index (κ1) is 13.4. The summed E-state index contributed by atoms with van der Waals surface area (Å²) < 4.78 is 4.97. The molecule has 0 aliphatic carbocycles. The monoisotopic (exact) mass is 229 g/mol. The van der Waals surface area contributed by atoms with Gasteiger partial charge in [0.1, 0.15) is 6.04 Å². The molecule has 0 aromatic heterocycles. The van der Waals surface area contributed by atoms with Gasteiger partial charge in [-0.05, 0) is 26.8 Å². The Kier molecular flexibility index (Phi) is 5.18. The van der Waals surface area contributed by atoms with Crippen molar-refractivity contribution in [1.82, 2.24) is 10.2 Å². The lowest BCUT2D eigenvalue weighted by atomic mass is 10.2. The number of primary amides is 1. The van der Waals surface area contributed by atoms with Gasteiger partial charge in [0, 0.05) is 25.7 Å². The van der Waals surface area contributed by atoms with Crippen molar-refractivity contribution in [3.8, 4) is 0 Å². The molecule has 3 N–H and O–H groups in total. The van der Waals surface area contributed by atoms with Crippen LogP contribution in [0.25, 0.3) is 0 Å². The highest BCUT2D eigenvalue weighted by atomic mass is 16.5. The van der Waals surface area contributed by atoms with Crippen LogP contribution in [0.4, 0.5) is 0 Å². The van der Waals surface area contributed by atoms with Gasteiger partial charge >= 0.3 is 0 Å². The zero-order valence-corrected chi connectivity index (χ0v) is 10.4. The molecule has 1 amide bonds. The van der Waals surface area contributed by atoms with Gasteiger partial charge in [0.25, 0.3) is 0 Å². The lowest BCUT2D eigenvalue weighted by molar-refractivity contribution is -0.121. The van der Waals surface area contributed by atoms with Crippen LogP contribution in [0.2, 0.25) is 0 Å². The second kappa shape index (κ2) is 6.18. The van der Waals surface area contributed by atoms with Crippen LogP contribution in [-0.2, 0) is 9.53 Å². The van der Waals surface area contributed by atoms with E-state index < -0.39 is 0 Å². The smallest absolute Gasteiger partial charge is 0.236 e. The van der Waals surface area contributed by atoms with E-state index in [1.807, 2.05) is 0 Å². The summed E-state index contributed by atoms with van der Waals surface area (Å²) in [6.45, 7) is 6.76. The Morgan fingerprint density at radius 3 is 2.75 bits per heavy atom. The predicted octanol–water partition coefficient (Wildman–Crippen LogP) is -0.441. The summed E-state index contributed by atoms with van der Waals surface area (Å²) >= 11 is 0. The molecule has 2 atom stereocenters. The van der Waals surface area contributed by atoms with E-state index in [0.29, 0.717) is 18.7 Å². The minimum atomic E-state index is -0.373. The van der Waals surface area contributed by atoms with Gasteiger partial charge in [-0.15, -0.1) is 0 Å². The van der Waals surface area contributed by atoms with E-state index in [4.69, 9.17) is 10.5 Å². The fourth-order valence-corrected chi connectivity index (χ4v) is 2.06. The number of hydrogen-bond donors (Lipinski definition) is 2. The average molecular weight is 229 g/mol. The molecule has 16 heavy (non-hydrogen) atoms. The highest BCUT2D eigenvalue weighted by Crippen LogP contribution is 2.12. The van der Waals surface area contributed by atoms with Crippen molar-refractivity contribution in [3.05, 3.63) is 0 Å². The van der Waals surface area contributed by atoms with Crippen molar-refractivity contribution >= 4 is 5.91 Å². The Bertz CT molecular complexity index is 233. The molecule has 5 nitrogen and oxygen atoms in total. The van der Waals surface area contributed by atoms with Crippen molar-refractivity contribution in [3.63, 3.8) is 0 Å². The van der Waals surface area contributed by atoms with Gasteiger partial charge in [0.15, 0.2) is 0 Å². The van der Waals surface area contributed by atoms with E-state index in [2.05, 4.69) is 24.1 Å². The second-order valence-corrected chi connectivity index (χ2v) is 4.65. The Balaban J connectivity index is 2.39. The van der Waals surface area contributed by atoms with Crippen molar-refractivity contribution in [2.75, 3.05) is 26.8 Å². The maximum Gasteiger partial charge on any atom is 0.236 e. The fourth-order valence-electron chi connectivity index (χ4n) is 2.06. The van der Waals surface area contributed by atoms with Crippen molar-refractivity contribution in [2.24, 2.45) is 5.73 Å². The molecule has 0 aromatic carbocycles. The van der Waals surface area contributed by atoms with Gasteiger partial charge < -0.3 is 10.5 Å². The van der Waals surface area contributed by atoms with E-state index in [0.717, 1.165) is 19.5 Å². The Morgan fingerprint density at radius 1 is 1.62 bits per heavy atom. The van der Waals surface area contributed by atoms with Crippen molar-refractivity contribution in [2.45, 2.75) is 38.4 Å². The molecular formula is C11H23N3O2. The normalized spacial score (nSPS) is 23.9. The van der Waals surface area contributed by atoms with Gasteiger partial charge in [0.2, 0.25) is 5.91 Å². The summed E-state index contributed by atoms with van der Waals surface area (Å²) in [6.07, 6.45) is 1.06. The molecule has 0 radical (unpaired) electrons. The maximum absolute atomic E-state index is 11.2. The quantitative estimate of drug-likeness (QED) is 0.648. The first-order valence-electron chi connectivity index (χ1n) is 5.83. The molecule has 1 heterocycles. The largest absolute Gasteiger partial charge is 0.383 e. The van der Waals surface area contributed by atoms with Gasteiger partial charge in [-0.3, -0.25) is 15.0 Å². The first-order valence-corrected chi connectivity index (χ1v) is 5.83. The Hall–Kier alpha value is -0.650. The minimum Gasteiger partial charge on any atom is -0.383 e. The number of rotatable bonds is 6. The molecule has 1 saturated heterocycles. The summed E-state index contributed by atoms with van der Waals surface area (Å²) in [4.78, 5) is 13.6. The molecule has 1 fully saturated rings. The zero-order chi connectivity index (χ0) is 12.1. The number of nitrogens with one attached hydrogen (secondary N) is 1. The third kappa shape index (κ3) is 3.73. The SMILES string of the molecule is COCC(NC1CCN(C(C)C)C1)C(N)=O. The van der Waals surface area contributed by atoms with Crippen LogP contribution in [0, 0.1) is 0 Å². The summed E-state index contributed by atoms with van der Waals surface area (Å²) in [5.41, 5.74) is 5.30. The van der Waals surface area contributed by atoms with E-state index in [9.17, 15) is 4.79 Å². The van der Waals surface area contributed by atoms with Crippen LogP contribution < -0.4 is 11.1 Å². The number of hydrogen-bond acceptors (Lipinski definition) is 4. The molecule has 0 spiro atoms. The average Bonchev–Trinajstić information content (AvgIpc) is 2.65. The van der Waals surface area contributed by atoms with Crippen LogP contribution in [0.15, 0.2) is 0 Å². The molecule has 1 rings (SSSR count). The van der Waals surface area contributed by atoms with Crippen LogP contribution in [0.1, 0.15) is 20.3 Å². The molecule has 1 aliphatic heterocycles. The van der Waals surface area contributed by atoms with Gasteiger partial charge in [-0.1, -0.05) is 0 Å². The summed E-state index contributed by atoms with van der Waals surface area (Å²) in [5.74, 6) is -0.343. The summed E-state index contributed by atoms with van der Waals surface area (Å²) in [6, 6.07) is 0.526. The predicted molar refractivity (Wildman–Crippen MR) is 63.1 cm³/mol. The number of methoxy groups -OCH3 is 1. The zero-order valence-electron chi connectivity index (χ0n) is 10.4. The number of carbonyl (C=O) groups is 1. The van der Waals surface area contributed by atoms with Crippen LogP contribution in [-0.4, -0.2) is 55.7 Å². The Morgan fingerprint density at radius 2 is 2.31 bits per heavy atom. The van der Waals surface area contributed by atoms with Crippen LogP contribution >= 0.6 is 0 Å². The van der Waals surface area contributed by atoms with E-state index in [-0.39, 0.29) is 11.9 Å². The molecule has 2 unspecified atom stereocenters. The number of ether oxygens (including phenoxy) is 1. The topological polar surface area (TPSA) is 67.6 Å². The molecule has 5 heteroatoms. The van der Waals surface area contributed by atoms with Crippen molar-refractivity contribution in [1.29, 1.82) is 0 Å². The number of nitrogens with zero attached hydrogens (tertiary/aromatic N) is 1. The molecule has 1 aliphatic rings. The number of carbonyl (C=O) groups excluding carboxylic acids is 1. The number of nitrogens with two attached hydrogens (primary N) is 1. The molecule has 94 valence electrons. The van der Waals surface area contributed by atoms with Gasteiger partial charge in [-0.25, -0.2) is 0 Å². The summed E-state index contributed by atoms with van der Waals surface area (Å²) in [7, 11) is 1.58. The summed E-state index contributed by atoms with van der Waals surface area (Å²) in [5, 5.41) is 3.26. The van der Waals surface area contributed by atoms with Gasteiger partial charge in [-0.2, -0.15) is 0 Å². The number of amides is 1. The van der Waals surface area contributed by atoms with Crippen LogP contribution in [0.3, 0.4) is 0 Å².